The van der Waals surface area contributed by atoms with Gasteiger partial charge in [-0.1, -0.05) is 25.1 Å². The van der Waals surface area contributed by atoms with Gasteiger partial charge in [0.1, 0.15) is 5.82 Å². The maximum Gasteiger partial charge on any atom is 0.126 e. The zero-order valence-electron chi connectivity index (χ0n) is 12.8. The summed E-state index contributed by atoms with van der Waals surface area (Å²) < 4.78 is 13.4. The Labute approximate surface area is 126 Å². The number of aryl methyl sites for hydroxylation is 2. The number of halogens is 1. The summed E-state index contributed by atoms with van der Waals surface area (Å²) in [5.41, 5.74) is 3.10. The van der Waals surface area contributed by atoms with Gasteiger partial charge >= 0.3 is 0 Å². The third-order valence-electron chi connectivity index (χ3n) is 3.67. The van der Waals surface area contributed by atoms with E-state index in [1.165, 1.54) is 5.56 Å². The Morgan fingerprint density at radius 2 is 2.14 bits per heavy atom. The van der Waals surface area contributed by atoms with E-state index in [9.17, 15) is 4.39 Å². The van der Waals surface area contributed by atoms with Gasteiger partial charge in [0, 0.05) is 18.4 Å². The van der Waals surface area contributed by atoms with Crippen LogP contribution in [0.5, 0.6) is 0 Å². The van der Waals surface area contributed by atoms with Gasteiger partial charge < -0.3 is 5.32 Å². The summed E-state index contributed by atoms with van der Waals surface area (Å²) in [4.78, 5) is 4.15. The van der Waals surface area contributed by atoms with E-state index >= 15 is 0 Å². The number of benzene rings is 1. The van der Waals surface area contributed by atoms with Crippen LogP contribution in [0.2, 0.25) is 0 Å². The van der Waals surface area contributed by atoms with Crippen molar-refractivity contribution in [3.05, 3.63) is 65.2 Å². The van der Waals surface area contributed by atoms with Crippen molar-refractivity contribution in [2.45, 2.75) is 39.2 Å². The average molecular weight is 286 g/mol. The second kappa shape index (κ2) is 7.89. The van der Waals surface area contributed by atoms with Crippen LogP contribution in [0.4, 0.5) is 4.39 Å². The van der Waals surface area contributed by atoms with Crippen LogP contribution in [0.25, 0.3) is 0 Å². The fourth-order valence-electron chi connectivity index (χ4n) is 2.45. The quantitative estimate of drug-likeness (QED) is 0.825. The minimum atomic E-state index is -0.139. The Morgan fingerprint density at radius 3 is 2.81 bits per heavy atom. The minimum Gasteiger partial charge on any atom is -0.310 e. The van der Waals surface area contributed by atoms with E-state index in [0.717, 1.165) is 31.4 Å². The summed E-state index contributed by atoms with van der Waals surface area (Å²) in [6, 6.07) is 9.72. The van der Waals surface area contributed by atoms with Crippen LogP contribution in [0, 0.1) is 12.7 Å². The summed E-state index contributed by atoms with van der Waals surface area (Å²) in [5, 5.41) is 3.56. The number of hydrogen-bond donors (Lipinski definition) is 1. The highest BCUT2D eigenvalue weighted by Crippen LogP contribution is 2.21. The van der Waals surface area contributed by atoms with Crippen molar-refractivity contribution in [2.75, 3.05) is 6.54 Å². The first-order chi connectivity index (χ1) is 10.2. The molecule has 1 aromatic carbocycles. The minimum absolute atomic E-state index is 0.139. The second-order valence-corrected chi connectivity index (χ2v) is 5.42. The molecule has 1 N–H and O–H groups in total. The third-order valence-corrected chi connectivity index (χ3v) is 3.67. The molecular weight excluding hydrogens is 263 g/mol. The van der Waals surface area contributed by atoms with Gasteiger partial charge in [-0.3, -0.25) is 4.98 Å². The standard InChI is InChI=1S/C18H23FN2/c1-3-10-21-18(9-6-15-5-4-11-20-13-15)16-7-8-17(19)14(2)12-16/h4-5,7-8,11-13,18,21H,3,6,9-10H2,1-2H3. The molecule has 1 heterocycles. The molecule has 1 atom stereocenters. The highest BCUT2D eigenvalue weighted by molar-refractivity contribution is 5.27. The Hall–Kier alpha value is -1.74. The van der Waals surface area contributed by atoms with Crippen LogP contribution < -0.4 is 5.32 Å². The van der Waals surface area contributed by atoms with Gasteiger partial charge in [0.25, 0.3) is 0 Å². The van der Waals surface area contributed by atoms with Crippen LogP contribution in [-0.2, 0) is 6.42 Å². The largest absolute Gasteiger partial charge is 0.310 e. The highest BCUT2D eigenvalue weighted by atomic mass is 19.1. The summed E-state index contributed by atoms with van der Waals surface area (Å²) in [5.74, 6) is -0.139. The number of aromatic nitrogens is 1. The molecule has 0 saturated heterocycles. The predicted molar refractivity (Wildman–Crippen MR) is 84.7 cm³/mol. The zero-order chi connectivity index (χ0) is 15.1. The van der Waals surface area contributed by atoms with Gasteiger partial charge in [0.15, 0.2) is 0 Å². The number of pyridine rings is 1. The summed E-state index contributed by atoms with van der Waals surface area (Å²) in [7, 11) is 0. The number of rotatable bonds is 7. The van der Waals surface area contributed by atoms with Gasteiger partial charge in [-0.05, 0) is 61.6 Å². The number of nitrogens with one attached hydrogen (secondary N) is 1. The first-order valence-electron chi connectivity index (χ1n) is 7.59. The van der Waals surface area contributed by atoms with Crippen molar-refractivity contribution in [3.63, 3.8) is 0 Å². The number of nitrogens with zero attached hydrogens (tertiary/aromatic N) is 1. The molecule has 112 valence electrons. The summed E-state index contributed by atoms with van der Waals surface area (Å²) >= 11 is 0. The molecular formula is C18H23FN2. The molecule has 0 aliphatic rings. The molecule has 0 bridgehead atoms. The molecule has 2 nitrogen and oxygen atoms in total. The molecule has 0 aliphatic carbocycles. The topological polar surface area (TPSA) is 24.9 Å². The van der Waals surface area contributed by atoms with E-state index in [-0.39, 0.29) is 11.9 Å². The van der Waals surface area contributed by atoms with Crippen molar-refractivity contribution < 1.29 is 4.39 Å². The highest BCUT2D eigenvalue weighted by Gasteiger charge is 2.12. The smallest absolute Gasteiger partial charge is 0.126 e. The Bertz CT molecular complexity index is 554. The monoisotopic (exact) mass is 286 g/mol. The van der Waals surface area contributed by atoms with Gasteiger partial charge in [0.2, 0.25) is 0 Å². The van der Waals surface area contributed by atoms with Gasteiger partial charge in [-0.15, -0.1) is 0 Å². The second-order valence-electron chi connectivity index (χ2n) is 5.42. The van der Waals surface area contributed by atoms with Gasteiger partial charge in [-0.2, -0.15) is 0 Å². The Balaban J connectivity index is 2.08. The maximum atomic E-state index is 13.4. The van der Waals surface area contributed by atoms with Crippen molar-refractivity contribution in [1.82, 2.24) is 10.3 Å². The van der Waals surface area contributed by atoms with E-state index in [1.807, 2.05) is 31.3 Å². The predicted octanol–water partition coefficient (Wildman–Crippen LogP) is 4.20. The first-order valence-corrected chi connectivity index (χ1v) is 7.59. The normalized spacial score (nSPS) is 12.3. The molecule has 21 heavy (non-hydrogen) atoms. The zero-order valence-corrected chi connectivity index (χ0v) is 12.8. The van der Waals surface area contributed by atoms with Gasteiger partial charge in [-0.25, -0.2) is 4.39 Å². The Morgan fingerprint density at radius 1 is 1.29 bits per heavy atom. The van der Waals surface area contributed by atoms with Crippen LogP contribution in [0.15, 0.2) is 42.7 Å². The van der Waals surface area contributed by atoms with Crippen molar-refractivity contribution in [2.24, 2.45) is 0 Å². The lowest BCUT2D eigenvalue weighted by Gasteiger charge is -2.19. The lowest BCUT2D eigenvalue weighted by atomic mass is 9.98. The first kappa shape index (κ1) is 15.6. The van der Waals surface area contributed by atoms with E-state index < -0.39 is 0 Å². The van der Waals surface area contributed by atoms with Gasteiger partial charge in [0.05, 0.1) is 0 Å². The van der Waals surface area contributed by atoms with Crippen LogP contribution in [0.3, 0.4) is 0 Å². The molecule has 0 radical (unpaired) electrons. The molecule has 0 saturated carbocycles. The maximum absolute atomic E-state index is 13.4. The molecule has 2 rings (SSSR count). The van der Waals surface area contributed by atoms with Crippen LogP contribution in [0.1, 0.15) is 42.5 Å². The fraction of sp³-hybridized carbons (Fsp3) is 0.389. The molecule has 1 aromatic heterocycles. The fourth-order valence-corrected chi connectivity index (χ4v) is 2.45. The van der Waals surface area contributed by atoms with E-state index in [0.29, 0.717) is 5.56 Å². The third kappa shape index (κ3) is 4.64. The Kier molecular flexibility index (Phi) is 5.88. The SMILES string of the molecule is CCCNC(CCc1cccnc1)c1ccc(F)c(C)c1. The average Bonchev–Trinajstić information content (AvgIpc) is 2.51. The van der Waals surface area contributed by atoms with E-state index in [2.05, 4.69) is 23.3 Å². The molecule has 0 aliphatic heterocycles. The molecule has 3 heteroatoms. The summed E-state index contributed by atoms with van der Waals surface area (Å²) in [6.07, 6.45) is 6.73. The molecule has 0 fully saturated rings. The van der Waals surface area contributed by atoms with Crippen LogP contribution >= 0.6 is 0 Å². The van der Waals surface area contributed by atoms with E-state index in [1.54, 1.807) is 12.3 Å². The molecule has 2 aromatic rings. The molecule has 0 spiro atoms. The summed E-state index contributed by atoms with van der Waals surface area (Å²) in [6.45, 7) is 4.94. The van der Waals surface area contributed by atoms with Crippen molar-refractivity contribution in [3.8, 4) is 0 Å². The lowest BCUT2D eigenvalue weighted by molar-refractivity contribution is 0.497. The van der Waals surface area contributed by atoms with Crippen molar-refractivity contribution >= 4 is 0 Å². The van der Waals surface area contributed by atoms with E-state index in [4.69, 9.17) is 0 Å². The van der Waals surface area contributed by atoms with Crippen LogP contribution in [-0.4, -0.2) is 11.5 Å². The molecule has 1 unspecified atom stereocenters. The molecule has 0 amide bonds. The van der Waals surface area contributed by atoms with Crippen molar-refractivity contribution in [1.29, 1.82) is 0 Å². The number of hydrogen-bond acceptors (Lipinski definition) is 2. The lowest BCUT2D eigenvalue weighted by Crippen LogP contribution is -2.23.